The quantitative estimate of drug-likeness (QED) is 0.305. The first-order chi connectivity index (χ1) is 16.8. The number of hydrogen-bond acceptors (Lipinski definition) is 9. The third-order valence-corrected chi connectivity index (χ3v) is 6.90. The highest BCUT2D eigenvalue weighted by molar-refractivity contribution is 7.52. The number of aromatic amines is 1. The van der Waals surface area contributed by atoms with Gasteiger partial charge in [0.15, 0.2) is 11.9 Å². The molecule has 2 aromatic rings. The van der Waals surface area contributed by atoms with Crippen molar-refractivity contribution in [2.75, 3.05) is 6.61 Å². The average molecular weight is 529 g/mol. The fraction of sp³-hybridized carbons (Fsp3) is 0.500. The van der Waals surface area contributed by atoms with Crippen LogP contribution >= 0.6 is 7.75 Å². The number of carbonyl (C=O) groups excluding carboxylic acids is 1. The van der Waals surface area contributed by atoms with Crippen molar-refractivity contribution in [3.63, 3.8) is 0 Å². The number of nitrogens with one attached hydrogen (secondary N) is 2. The van der Waals surface area contributed by atoms with E-state index in [0.29, 0.717) is 0 Å². The predicted molar refractivity (Wildman–Crippen MR) is 125 cm³/mol. The predicted octanol–water partition coefficient (Wildman–Crippen LogP) is 1.66. The number of para-hydroxylation sites is 1. The fourth-order valence-corrected chi connectivity index (χ4v) is 4.97. The van der Waals surface area contributed by atoms with E-state index in [1.807, 2.05) is 4.98 Å². The number of ether oxygens (including phenoxy) is 2. The molecule has 14 heteroatoms. The Kier molecular flexibility index (Phi) is 8.52. The van der Waals surface area contributed by atoms with Crippen LogP contribution in [-0.2, 0) is 23.4 Å². The van der Waals surface area contributed by atoms with Crippen LogP contribution in [-0.4, -0.2) is 57.3 Å². The highest BCUT2D eigenvalue weighted by Crippen LogP contribution is 2.47. The van der Waals surface area contributed by atoms with Gasteiger partial charge in [-0.05, 0) is 39.8 Å². The zero-order valence-electron chi connectivity index (χ0n) is 20.1. The van der Waals surface area contributed by atoms with Crippen molar-refractivity contribution in [2.24, 2.45) is 0 Å². The lowest BCUT2D eigenvalue weighted by atomic mass is 9.98. The van der Waals surface area contributed by atoms with Gasteiger partial charge in [-0.2, -0.15) is 5.09 Å². The highest BCUT2D eigenvalue weighted by atomic mass is 31.2. The molecule has 0 saturated carbocycles. The fourth-order valence-electron chi connectivity index (χ4n) is 3.47. The molecule has 0 bridgehead atoms. The number of aromatic nitrogens is 2. The number of esters is 1. The third-order valence-electron chi connectivity index (χ3n) is 5.26. The van der Waals surface area contributed by atoms with Crippen LogP contribution in [0.5, 0.6) is 5.75 Å². The lowest BCUT2D eigenvalue weighted by molar-refractivity contribution is -0.149. The molecule has 1 fully saturated rings. The first kappa shape index (κ1) is 27.8. The van der Waals surface area contributed by atoms with Gasteiger partial charge in [-0.1, -0.05) is 18.2 Å². The van der Waals surface area contributed by atoms with Crippen molar-refractivity contribution < 1.29 is 37.4 Å². The summed E-state index contributed by atoms with van der Waals surface area (Å²) in [5, 5.41) is 13.0. The molecule has 1 aliphatic heterocycles. The first-order valence-corrected chi connectivity index (χ1v) is 12.7. The summed E-state index contributed by atoms with van der Waals surface area (Å²) in [7, 11) is -4.30. The van der Waals surface area contributed by atoms with E-state index in [1.54, 1.807) is 32.0 Å². The molecular weight excluding hydrogens is 500 g/mol. The smallest absolute Gasteiger partial charge is 0.459 e. The largest absolute Gasteiger partial charge is 0.462 e. The summed E-state index contributed by atoms with van der Waals surface area (Å²) in [5.41, 5.74) is -4.12. The minimum Gasteiger partial charge on any atom is -0.462 e. The second-order valence-corrected chi connectivity index (χ2v) is 10.4. The maximum absolute atomic E-state index is 15.4. The van der Waals surface area contributed by atoms with E-state index in [4.69, 9.17) is 18.5 Å². The molecule has 36 heavy (non-hydrogen) atoms. The van der Waals surface area contributed by atoms with Gasteiger partial charge in [-0.3, -0.25) is 23.7 Å². The third kappa shape index (κ3) is 6.48. The Labute approximate surface area is 205 Å². The van der Waals surface area contributed by atoms with E-state index in [0.717, 1.165) is 23.8 Å². The molecule has 1 aromatic heterocycles. The molecule has 0 aliphatic carbocycles. The summed E-state index contributed by atoms with van der Waals surface area (Å²) in [6.07, 6.45) is -4.21. The monoisotopic (exact) mass is 529 g/mol. The summed E-state index contributed by atoms with van der Waals surface area (Å²) in [6.45, 7) is 5.07. The molecular formula is C22H29FN3O9P. The van der Waals surface area contributed by atoms with Crippen molar-refractivity contribution >= 4 is 13.7 Å². The number of hydrogen-bond donors (Lipinski definition) is 3. The van der Waals surface area contributed by atoms with E-state index in [2.05, 4.69) is 5.09 Å². The zero-order valence-corrected chi connectivity index (χ0v) is 21.0. The van der Waals surface area contributed by atoms with Crippen LogP contribution in [0.2, 0.25) is 0 Å². The van der Waals surface area contributed by atoms with Crippen molar-refractivity contribution in [1.29, 1.82) is 0 Å². The van der Waals surface area contributed by atoms with Crippen molar-refractivity contribution in [2.45, 2.75) is 63.9 Å². The molecule has 12 nitrogen and oxygen atoms in total. The van der Waals surface area contributed by atoms with Crippen LogP contribution in [0.4, 0.5) is 4.39 Å². The first-order valence-electron chi connectivity index (χ1n) is 11.1. The van der Waals surface area contributed by atoms with Gasteiger partial charge in [-0.15, -0.1) is 0 Å². The van der Waals surface area contributed by atoms with Crippen molar-refractivity contribution in [3.8, 4) is 5.75 Å². The summed E-state index contributed by atoms with van der Waals surface area (Å²) < 4.78 is 51.4. The van der Waals surface area contributed by atoms with Crippen LogP contribution in [0.1, 0.15) is 33.9 Å². The highest BCUT2D eigenvalue weighted by Gasteiger charge is 2.55. The SMILES string of the molecule is CC(C)OC(=O)[C@@H](C)NP(=O)(OC[C@@H]1O[C@@H](n2ccc(=O)[nH]c2=O)[C@](C)(F)[C@@H]1O)Oc1ccccc1. The number of H-pyrrole nitrogens is 1. The number of carbonyl (C=O) groups is 1. The molecule has 198 valence electrons. The van der Waals surface area contributed by atoms with Crippen LogP contribution < -0.4 is 20.9 Å². The summed E-state index contributed by atoms with van der Waals surface area (Å²) in [6, 6.07) is 7.86. The van der Waals surface area contributed by atoms with E-state index in [-0.39, 0.29) is 5.75 Å². The Hall–Kier alpha value is -2.83. The molecule has 0 spiro atoms. The molecule has 0 amide bonds. The molecule has 6 atom stereocenters. The number of alkyl halides is 1. The Morgan fingerprint density at radius 3 is 2.56 bits per heavy atom. The molecule has 1 aliphatic rings. The van der Waals surface area contributed by atoms with Gasteiger partial charge >= 0.3 is 19.4 Å². The van der Waals surface area contributed by atoms with Gasteiger partial charge in [0.25, 0.3) is 5.56 Å². The van der Waals surface area contributed by atoms with Gasteiger partial charge in [0.05, 0.1) is 12.7 Å². The van der Waals surface area contributed by atoms with Gasteiger partial charge in [0.1, 0.15) is 24.0 Å². The Morgan fingerprint density at radius 1 is 1.28 bits per heavy atom. The average Bonchev–Trinajstić information content (AvgIpc) is 3.01. The molecule has 3 N–H and O–H groups in total. The minimum absolute atomic E-state index is 0.152. The Morgan fingerprint density at radius 2 is 1.94 bits per heavy atom. The lowest BCUT2D eigenvalue weighted by Crippen LogP contribution is -2.43. The van der Waals surface area contributed by atoms with Crippen molar-refractivity contribution in [1.82, 2.24) is 14.6 Å². The van der Waals surface area contributed by atoms with Crippen LogP contribution in [0.25, 0.3) is 0 Å². The van der Waals surface area contributed by atoms with Gasteiger partial charge in [0, 0.05) is 12.3 Å². The van der Waals surface area contributed by atoms with Crippen LogP contribution in [0, 0.1) is 0 Å². The van der Waals surface area contributed by atoms with E-state index in [9.17, 15) is 24.1 Å². The van der Waals surface area contributed by atoms with Crippen molar-refractivity contribution in [3.05, 3.63) is 63.4 Å². The maximum atomic E-state index is 15.4. The van der Waals surface area contributed by atoms with Gasteiger partial charge < -0.3 is 19.1 Å². The van der Waals surface area contributed by atoms with E-state index < -0.39 is 67.8 Å². The molecule has 1 saturated heterocycles. The summed E-state index contributed by atoms with van der Waals surface area (Å²) in [4.78, 5) is 37.7. The zero-order chi connectivity index (χ0) is 26.7. The number of benzene rings is 1. The normalized spacial score (nSPS) is 26.4. The maximum Gasteiger partial charge on any atom is 0.459 e. The van der Waals surface area contributed by atoms with Gasteiger partial charge in [0.2, 0.25) is 0 Å². The molecule has 2 heterocycles. The minimum atomic E-state index is -4.30. The van der Waals surface area contributed by atoms with Gasteiger partial charge in [-0.25, -0.2) is 13.8 Å². The van der Waals surface area contributed by atoms with Crippen LogP contribution in [0.15, 0.2) is 52.2 Å². The number of aliphatic hydroxyl groups excluding tert-OH is 1. The van der Waals surface area contributed by atoms with E-state index in [1.165, 1.54) is 19.1 Å². The number of aliphatic hydroxyl groups is 1. The second-order valence-electron chi connectivity index (χ2n) is 8.67. The number of rotatable bonds is 10. The molecule has 1 aromatic carbocycles. The molecule has 3 rings (SSSR count). The molecule has 0 radical (unpaired) electrons. The lowest BCUT2D eigenvalue weighted by Gasteiger charge is -2.25. The Balaban J connectivity index is 1.80. The van der Waals surface area contributed by atoms with Crippen LogP contribution in [0.3, 0.4) is 0 Å². The standard InChI is InChI=1S/C22H29FN3O9P/c1-13(2)33-19(29)14(3)25-36(31,35-15-8-6-5-7-9-15)32-12-16-18(28)22(4,23)20(34-16)26-11-10-17(27)24-21(26)30/h5-11,13-14,16,18,20,28H,12H2,1-4H3,(H,25,31)(H,24,27,30)/t14-,16+,18-,20-,22-,36?/m1/s1. The topological polar surface area (TPSA) is 158 Å². The number of halogens is 1. The summed E-state index contributed by atoms with van der Waals surface area (Å²) >= 11 is 0. The second kappa shape index (κ2) is 11.1. The number of nitrogens with zero attached hydrogens (tertiary/aromatic N) is 1. The van der Waals surface area contributed by atoms with E-state index >= 15 is 4.39 Å². The Bertz CT molecular complexity index is 1220. The molecule has 1 unspecified atom stereocenters. The summed E-state index contributed by atoms with van der Waals surface area (Å²) in [5.74, 6) is -0.560.